The number of aryl methyl sites for hydroxylation is 1. The fourth-order valence-electron chi connectivity index (χ4n) is 3.70. The number of sulfonamides is 1. The summed E-state index contributed by atoms with van der Waals surface area (Å²) in [5, 5.41) is 0. The quantitative estimate of drug-likeness (QED) is 0.643. The Hall–Kier alpha value is -2.22. The van der Waals surface area contributed by atoms with Crippen molar-refractivity contribution in [3.05, 3.63) is 65.2 Å². The van der Waals surface area contributed by atoms with Gasteiger partial charge in [-0.2, -0.15) is 4.31 Å². The van der Waals surface area contributed by atoms with Gasteiger partial charge >= 0.3 is 0 Å². The van der Waals surface area contributed by atoms with Gasteiger partial charge in [-0.3, -0.25) is 4.79 Å². The molecule has 30 heavy (non-hydrogen) atoms. The van der Waals surface area contributed by atoms with E-state index in [1.165, 1.54) is 6.07 Å². The third kappa shape index (κ3) is 5.28. The van der Waals surface area contributed by atoms with Crippen molar-refractivity contribution < 1.29 is 17.9 Å². The lowest BCUT2D eigenvalue weighted by molar-refractivity contribution is 0.0680. The summed E-state index contributed by atoms with van der Waals surface area (Å²) in [6, 6.07) is 14.7. The normalized spacial score (nSPS) is 15.1. The lowest BCUT2D eigenvalue weighted by Gasteiger charge is -2.27. The molecule has 1 heterocycles. The Balaban J connectivity index is 1.89. The predicted octanol–water partition coefficient (Wildman–Crippen LogP) is 3.46. The van der Waals surface area contributed by atoms with Crippen molar-refractivity contribution in [3.8, 4) is 0 Å². The van der Waals surface area contributed by atoms with Gasteiger partial charge in [-0.1, -0.05) is 42.8 Å². The van der Waals surface area contributed by atoms with Crippen LogP contribution in [-0.2, 0) is 21.3 Å². The lowest BCUT2D eigenvalue weighted by atomic mass is 10.1. The van der Waals surface area contributed by atoms with E-state index in [2.05, 4.69) is 0 Å². The van der Waals surface area contributed by atoms with E-state index in [-0.39, 0.29) is 10.8 Å². The van der Waals surface area contributed by atoms with Gasteiger partial charge in [0.05, 0.1) is 11.5 Å². The third-order valence-corrected chi connectivity index (χ3v) is 7.48. The topological polar surface area (TPSA) is 66.9 Å². The van der Waals surface area contributed by atoms with Crippen LogP contribution in [0.1, 0.15) is 40.7 Å². The Morgan fingerprint density at radius 3 is 2.43 bits per heavy atom. The van der Waals surface area contributed by atoms with Gasteiger partial charge < -0.3 is 9.64 Å². The van der Waals surface area contributed by atoms with Crippen molar-refractivity contribution in [1.29, 1.82) is 0 Å². The molecule has 3 rings (SSSR count). The molecule has 1 amide bonds. The Kier molecular flexibility index (Phi) is 7.64. The highest BCUT2D eigenvalue weighted by molar-refractivity contribution is 7.89. The molecular weight excluding hydrogens is 400 g/mol. The van der Waals surface area contributed by atoms with Crippen LogP contribution in [0.4, 0.5) is 0 Å². The molecule has 1 aliphatic heterocycles. The minimum absolute atomic E-state index is 0.203. The van der Waals surface area contributed by atoms with Crippen molar-refractivity contribution in [2.75, 3.05) is 33.4 Å². The van der Waals surface area contributed by atoms with Crippen LogP contribution in [0.5, 0.6) is 0 Å². The Morgan fingerprint density at radius 2 is 1.77 bits per heavy atom. The summed E-state index contributed by atoms with van der Waals surface area (Å²) >= 11 is 0. The highest BCUT2D eigenvalue weighted by Crippen LogP contribution is 2.25. The minimum atomic E-state index is -3.61. The zero-order valence-corrected chi connectivity index (χ0v) is 18.5. The standard InChI is InChI=1S/C23H30N2O4S/c1-19-11-12-21(17-22(19)30(27,28)25-13-7-4-8-14-25)23(26)24(15-16-29-2)18-20-9-5-3-6-10-20/h3,5-6,9-12,17H,4,7-8,13-16,18H2,1-2H3. The van der Waals surface area contributed by atoms with E-state index in [1.54, 1.807) is 35.4 Å². The van der Waals surface area contributed by atoms with E-state index in [0.29, 0.717) is 43.9 Å². The number of ether oxygens (including phenoxy) is 1. The van der Waals surface area contributed by atoms with Crippen LogP contribution >= 0.6 is 0 Å². The first-order valence-electron chi connectivity index (χ1n) is 10.4. The maximum atomic E-state index is 13.3. The van der Waals surface area contributed by atoms with E-state index >= 15 is 0 Å². The van der Waals surface area contributed by atoms with Crippen LogP contribution in [0.15, 0.2) is 53.4 Å². The molecule has 0 spiro atoms. The molecule has 2 aromatic carbocycles. The maximum absolute atomic E-state index is 13.3. The molecular formula is C23H30N2O4S. The van der Waals surface area contributed by atoms with Crippen molar-refractivity contribution >= 4 is 15.9 Å². The summed E-state index contributed by atoms with van der Waals surface area (Å²) in [6.07, 6.45) is 2.80. The van der Waals surface area contributed by atoms with E-state index in [1.807, 2.05) is 30.3 Å². The molecule has 0 unspecified atom stereocenters. The Morgan fingerprint density at radius 1 is 1.07 bits per heavy atom. The number of piperidine rings is 1. The fourth-order valence-corrected chi connectivity index (χ4v) is 5.46. The van der Waals surface area contributed by atoms with Gasteiger partial charge in [0.15, 0.2) is 0 Å². The molecule has 162 valence electrons. The smallest absolute Gasteiger partial charge is 0.254 e. The maximum Gasteiger partial charge on any atom is 0.254 e. The molecule has 0 aliphatic carbocycles. The summed E-state index contributed by atoms with van der Waals surface area (Å²) in [7, 11) is -2.01. The number of methoxy groups -OCH3 is 1. The predicted molar refractivity (Wildman–Crippen MR) is 117 cm³/mol. The van der Waals surface area contributed by atoms with Crippen LogP contribution in [-0.4, -0.2) is 56.9 Å². The summed E-state index contributed by atoms with van der Waals surface area (Å²) in [4.78, 5) is 15.2. The number of hydrogen-bond donors (Lipinski definition) is 0. The summed E-state index contributed by atoms with van der Waals surface area (Å²) < 4.78 is 33.1. The first-order chi connectivity index (χ1) is 14.4. The van der Waals surface area contributed by atoms with Crippen molar-refractivity contribution in [2.24, 2.45) is 0 Å². The molecule has 1 saturated heterocycles. The Bertz CT molecular complexity index is 954. The van der Waals surface area contributed by atoms with Crippen molar-refractivity contribution in [2.45, 2.75) is 37.6 Å². The monoisotopic (exact) mass is 430 g/mol. The summed E-state index contributed by atoms with van der Waals surface area (Å²) in [6.45, 7) is 4.11. The molecule has 0 N–H and O–H groups in total. The fraction of sp³-hybridized carbons (Fsp3) is 0.435. The molecule has 7 heteroatoms. The molecule has 2 aromatic rings. The van der Waals surface area contributed by atoms with Crippen molar-refractivity contribution in [3.63, 3.8) is 0 Å². The van der Waals surface area contributed by atoms with Crippen molar-refractivity contribution in [1.82, 2.24) is 9.21 Å². The zero-order chi connectivity index (χ0) is 21.6. The van der Waals surface area contributed by atoms with Crippen LogP contribution in [0.25, 0.3) is 0 Å². The first-order valence-corrected chi connectivity index (χ1v) is 11.8. The molecule has 0 saturated carbocycles. The van der Waals surface area contributed by atoms with E-state index in [9.17, 15) is 13.2 Å². The number of hydrogen-bond acceptors (Lipinski definition) is 4. The van der Waals surface area contributed by atoms with E-state index in [0.717, 1.165) is 24.8 Å². The van der Waals surface area contributed by atoms with Gasteiger partial charge in [-0.05, 0) is 43.0 Å². The average Bonchev–Trinajstić information content (AvgIpc) is 2.77. The van der Waals surface area contributed by atoms with Gasteiger partial charge in [0.2, 0.25) is 10.0 Å². The van der Waals surface area contributed by atoms with Gasteiger partial charge in [0.25, 0.3) is 5.91 Å². The number of nitrogens with zero attached hydrogens (tertiary/aromatic N) is 2. The number of carbonyl (C=O) groups excluding carboxylic acids is 1. The molecule has 0 radical (unpaired) electrons. The summed E-state index contributed by atoms with van der Waals surface area (Å²) in [5.41, 5.74) is 2.04. The minimum Gasteiger partial charge on any atom is -0.383 e. The van der Waals surface area contributed by atoms with Gasteiger partial charge in [0.1, 0.15) is 0 Å². The van der Waals surface area contributed by atoms with E-state index in [4.69, 9.17) is 4.74 Å². The molecule has 6 nitrogen and oxygen atoms in total. The summed E-state index contributed by atoms with van der Waals surface area (Å²) in [5.74, 6) is -0.203. The third-order valence-electron chi connectivity index (χ3n) is 5.44. The molecule has 0 aromatic heterocycles. The van der Waals surface area contributed by atoms with Crippen LogP contribution < -0.4 is 0 Å². The van der Waals surface area contributed by atoms with Crippen LogP contribution in [0.3, 0.4) is 0 Å². The second-order valence-corrected chi connectivity index (χ2v) is 9.56. The van der Waals surface area contributed by atoms with Gasteiger partial charge in [-0.15, -0.1) is 0 Å². The highest BCUT2D eigenvalue weighted by Gasteiger charge is 2.28. The largest absolute Gasteiger partial charge is 0.383 e. The molecule has 0 bridgehead atoms. The number of carbonyl (C=O) groups is 1. The number of rotatable bonds is 8. The second kappa shape index (κ2) is 10.2. The van der Waals surface area contributed by atoms with Gasteiger partial charge in [0, 0.05) is 38.9 Å². The first kappa shape index (κ1) is 22.5. The SMILES string of the molecule is COCCN(Cc1ccccc1)C(=O)c1ccc(C)c(S(=O)(=O)N2CCCCC2)c1. The lowest BCUT2D eigenvalue weighted by Crippen LogP contribution is -2.36. The molecule has 1 fully saturated rings. The molecule has 0 atom stereocenters. The Labute approximate surface area is 179 Å². The van der Waals surface area contributed by atoms with Crippen LogP contribution in [0.2, 0.25) is 0 Å². The molecule has 1 aliphatic rings. The average molecular weight is 431 g/mol. The number of benzene rings is 2. The second-order valence-electron chi connectivity index (χ2n) is 7.65. The highest BCUT2D eigenvalue weighted by atomic mass is 32.2. The number of amides is 1. The van der Waals surface area contributed by atoms with Crippen LogP contribution in [0, 0.1) is 6.92 Å². The van der Waals surface area contributed by atoms with Gasteiger partial charge in [-0.25, -0.2) is 8.42 Å². The van der Waals surface area contributed by atoms with E-state index < -0.39 is 10.0 Å². The zero-order valence-electron chi connectivity index (χ0n) is 17.7.